The van der Waals surface area contributed by atoms with Gasteiger partial charge in [-0.05, 0) is 37.5 Å². The topological polar surface area (TPSA) is 39.7 Å². The van der Waals surface area contributed by atoms with Crippen molar-refractivity contribution >= 4 is 0 Å². The smallest absolute Gasteiger partial charge is 0.161 e. The molecular formula is C17H27NO3. The van der Waals surface area contributed by atoms with Gasteiger partial charge in [-0.15, -0.1) is 0 Å². The lowest BCUT2D eigenvalue weighted by molar-refractivity contribution is 0.0667. The zero-order chi connectivity index (χ0) is 15.1. The lowest BCUT2D eigenvalue weighted by atomic mass is 10.2. The predicted molar refractivity (Wildman–Crippen MR) is 84.1 cm³/mol. The third-order valence-corrected chi connectivity index (χ3v) is 3.47. The molecule has 0 bridgehead atoms. The van der Waals surface area contributed by atoms with Crippen LogP contribution >= 0.6 is 0 Å². The zero-order valence-electron chi connectivity index (χ0n) is 13.4. The van der Waals surface area contributed by atoms with E-state index in [-0.39, 0.29) is 6.10 Å². The Hall–Kier alpha value is -1.26. The first-order valence-corrected chi connectivity index (χ1v) is 7.92. The third-order valence-electron chi connectivity index (χ3n) is 3.47. The lowest BCUT2D eigenvalue weighted by Gasteiger charge is -2.16. The Kier molecular flexibility index (Phi) is 6.33. The van der Waals surface area contributed by atoms with Gasteiger partial charge in [-0.25, -0.2) is 0 Å². The molecule has 1 aromatic carbocycles. The molecule has 21 heavy (non-hydrogen) atoms. The van der Waals surface area contributed by atoms with Crippen LogP contribution in [0.2, 0.25) is 0 Å². The van der Waals surface area contributed by atoms with E-state index in [4.69, 9.17) is 14.2 Å². The fourth-order valence-corrected chi connectivity index (χ4v) is 2.33. The molecule has 4 heteroatoms. The second-order valence-electron chi connectivity index (χ2n) is 5.70. The molecule has 0 saturated carbocycles. The SMILES string of the molecule is CCOc1cc(CNC(C)C)ccc1OCC1CCCO1. The van der Waals surface area contributed by atoms with Gasteiger partial charge in [0.2, 0.25) is 0 Å². The fourth-order valence-electron chi connectivity index (χ4n) is 2.33. The van der Waals surface area contributed by atoms with E-state index in [2.05, 4.69) is 31.3 Å². The van der Waals surface area contributed by atoms with Crippen LogP contribution in [0, 0.1) is 0 Å². The molecule has 4 nitrogen and oxygen atoms in total. The van der Waals surface area contributed by atoms with Crippen LogP contribution in [-0.4, -0.2) is 32.0 Å². The summed E-state index contributed by atoms with van der Waals surface area (Å²) in [5, 5.41) is 3.41. The average molecular weight is 293 g/mol. The molecule has 0 spiro atoms. The van der Waals surface area contributed by atoms with Gasteiger partial charge in [0.1, 0.15) is 6.61 Å². The number of ether oxygens (including phenoxy) is 3. The maximum absolute atomic E-state index is 5.88. The van der Waals surface area contributed by atoms with Crippen molar-refractivity contribution < 1.29 is 14.2 Å². The maximum atomic E-state index is 5.88. The van der Waals surface area contributed by atoms with Gasteiger partial charge in [-0.2, -0.15) is 0 Å². The Morgan fingerprint density at radius 2 is 2.14 bits per heavy atom. The van der Waals surface area contributed by atoms with Gasteiger partial charge >= 0.3 is 0 Å². The Balaban J connectivity index is 1.97. The minimum atomic E-state index is 0.224. The van der Waals surface area contributed by atoms with Gasteiger partial charge < -0.3 is 19.5 Å². The minimum Gasteiger partial charge on any atom is -0.490 e. The first kappa shape index (κ1) is 16.1. The average Bonchev–Trinajstić information content (AvgIpc) is 2.97. The van der Waals surface area contributed by atoms with Gasteiger partial charge in [-0.1, -0.05) is 19.9 Å². The predicted octanol–water partition coefficient (Wildman–Crippen LogP) is 3.14. The first-order valence-electron chi connectivity index (χ1n) is 7.92. The summed E-state index contributed by atoms with van der Waals surface area (Å²) in [7, 11) is 0. The van der Waals surface area contributed by atoms with E-state index in [1.165, 1.54) is 5.56 Å². The summed E-state index contributed by atoms with van der Waals surface area (Å²) in [6, 6.07) is 6.61. The van der Waals surface area contributed by atoms with Crippen molar-refractivity contribution in [1.82, 2.24) is 5.32 Å². The van der Waals surface area contributed by atoms with Crippen LogP contribution in [0.5, 0.6) is 11.5 Å². The molecule has 1 unspecified atom stereocenters. The van der Waals surface area contributed by atoms with E-state index >= 15 is 0 Å². The van der Waals surface area contributed by atoms with Crippen LogP contribution in [0.4, 0.5) is 0 Å². The molecule has 1 aromatic rings. The molecule has 1 saturated heterocycles. The van der Waals surface area contributed by atoms with Crippen LogP contribution in [0.15, 0.2) is 18.2 Å². The van der Waals surface area contributed by atoms with E-state index in [1.807, 2.05) is 13.0 Å². The molecule has 0 aliphatic carbocycles. The molecule has 1 fully saturated rings. The minimum absolute atomic E-state index is 0.224. The Morgan fingerprint density at radius 1 is 1.29 bits per heavy atom. The van der Waals surface area contributed by atoms with Crippen molar-refractivity contribution in [1.29, 1.82) is 0 Å². The monoisotopic (exact) mass is 293 g/mol. The summed E-state index contributed by atoms with van der Waals surface area (Å²) in [6.45, 7) is 9.20. The molecule has 0 aromatic heterocycles. The molecule has 2 rings (SSSR count). The number of benzene rings is 1. The zero-order valence-corrected chi connectivity index (χ0v) is 13.4. The van der Waals surface area contributed by atoms with Crippen molar-refractivity contribution in [3.05, 3.63) is 23.8 Å². The van der Waals surface area contributed by atoms with Crippen molar-refractivity contribution in [3.63, 3.8) is 0 Å². The highest BCUT2D eigenvalue weighted by Crippen LogP contribution is 2.29. The van der Waals surface area contributed by atoms with E-state index in [0.717, 1.165) is 37.5 Å². The number of hydrogen-bond donors (Lipinski definition) is 1. The van der Waals surface area contributed by atoms with E-state index in [1.54, 1.807) is 0 Å². The highest BCUT2D eigenvalue weighted by Gasteiger charge is 2.17. The summed E-state index contributed by atoms with van der Waals surface area (Å²) in [6.07, 6.45) is 2.44. The Bertz CT molecular complexity index is 428. The molecule has 1 N–H and O–H groups in total. The molecule has 0 radical (unpaired) electrons. The standard InChI is InChI=1S/C17H27NO3/c1-4-19-17-10-14(11-18-13(2)3)7-8-16(17)21-12-15-6-5-9-20-15/h7-8,10,13,15,18H,4-6,9,11-12H2,1-3H3. The quantitative estimate of drug-likeness (QED) is 0.799. The van der Waals surface area contributed by atoms with Crippen molar-refractivity contribution in [2.75, 3.05) is 19.8 Å². The maximum Gasteiger partial charge on any atom is 0.161 e. The molecule has 1 aliphatic rings. The van der Waals surface area contributed by atoms with E-state index in [9.17, 15) is 0 Å². The second kappa shape index (κ2) is 8.25. The normalized spacial score (nSPS) is 18.2. The van der Waals surface area contributed by atoms with Crippen LogP contribution in [0.1, 0.15) is 39.2 Å². The molecule has 118 valence electrons. The van der Waals surface area contributed by atoms with E-state index in [0.29, 0.717) is 19.3 Å². The lowest BCUT2D eigenvalue weighted by Crippen LogP contribution is -2.21. The Morgan fingerprint density at radius 3 is 2.81 bits per heavy atom. The highest BCUT2D eigenvalue weighted by molar-refractivity contribution is 5.43. The van der Waals surface area contributed by atoms with Crippen LogP contribution in [0.3, 0.4) is 0 Å². The van der Waals surface area contributed by atoms with Crippen molar-refractivity contribution in [2.45, 2.75) is 52.3 Å². The first-order chi connectivity index (χ1) is 10.2. The van der Waals surface area contributed by atoms with Crippen molar-refractivity contribution in [2.24, 2.45) is 0 Å². The highest BCUT2D eigenvalue weighted by atomic mass is 16.5. The summed E-state index contributed by atoms with van der Waals surface area (Å²) < 4.78 is 17.2. The van der Waals surface area contributed by atoms with Gasteiger partial charge in [0.25, 0.3) is 0 Å². The summed E-state index contributed by atoms with van der Waals surface area (Å²) in [5.74, 6) is 1.62. The second-order valence-corrected chi connectivity index (χ2v) is 5.70. The molecule has 1 aliphatic heterocycles. The van der Waals surface area contributed by atoms with E-state index < -0.39 is 0 Å². The number of rotatable bonds is 8. The summed E-state index contributed by atoms with van der Waals surface area (Å²) >= 11 is 0. The summed E-state index contributed by atoms with van der Waals surface area (Å²) in [5.41, 5.74) is 1.21. The number of hydrogen-bond acceptors (Lipinski definition) is 4. The van der Waals surface area contributed by atoms with Gasteiger partial charge in [-0.3, -0.25) is 0 Å². The third kappa shape index (κ3) is 5.21. The van der Waals surface area contributed by atoms with Crippen LogP contribution in [-0.2, 0) is 11.3 Å². The summed E-state index contributed by atoms with van der Waals surface area (Å²) in [4.78, 5) is 0. The van der Waals surface area contributed by atoms with Crippen LogP contribution in [0.25, 0.3) is 0 Å². The van der Waals surface area contributed by atoms with Gasteiger partial charge in [0.15, 0.2) is 11.5 Å². The number of nitrogens with one attached hydrogen (secondary N) is 1. The molecular weight excluding hydrogens is 266 g/mol. The fraction of sp³-hybridized carbons (Fsp3) is 0.647. The Labute approximate surface area is 127 Å². The molecule has 0 amide bonds. The largest absolute Gasteiger partial charge is 0.490 e. The molecule has 1 atom stereocenters. The van der Waals surface area contributed by atoms with Gasteiger partial charge in [0, 0.05) is 19.2 Å². The van der Waals surface area contributed by atoms with Crippen LogP contribution < -0.4 is 14.8 Å². The van der Waals surface area contributed by atoms with Gasteiger partial charge in [0.05, 0.1) is 12.7 Å². The van der Waals surface area contributed by atoms with Crippen molar-refractivity contribution in [3.8, 4) is 11.5 Å². The molecule has 1 heterocycles.